The quantitative estimate of drug-likeness (QED) is 0.187. The van der Waals surface area contributed by atoms with Crippen molar-refractivity contribution in [3.8, 4) is 11.1 Å². The van der Waals surface area contributed by atoms with Crippen molar-refractivity contribution in [2.45, 2.75) is 32.0 Å². The monoisotopic (exact) mass is 587 g/mol. The van der Waals surface area contributed by atoms with Crippen molar-refractivity contribution < 1.29 is 80.7 Å². The third-order valence-corrected chi connectivity index (χ3v) is 5.67. The predicted molar refractivity (Wildman–Crippen MR) is 139 cm³/mol. The number of rotatable bonds is 7. The first kappa shape index (κ1) is 34.6. The number of hydrogen-bond donors (Lipinski definition) is 4. The molecule has 5 N–H and O–H groups in total. The zero-order valence-electron chi connectivity index (χ0n) is 20.8. The van der Waals surface area contributed by atoms with Gasteiger partial charge in [0.25, 0.3) is 5.91 Å². The largest absolute Gasteiger partial charge is 1.00 e. The minimum Gasteiger partial charge on any atom is -0.366 e. The molecule has 1 heterocycles. The van der Waals surface area contributed by atoms with Crippen molar-refractivity contribution in [3.63, 3.8) is 0 Å². The summed E-state index contributed by atoms with van der Waals surface area (Å²) in [4.78, 5) is 28.6. The Hall–Kier alpha value is -1.44. The van der Waals surface area contributed by atoms with Crippen LogP contribution >= 0.6 is 23.2 Å². The van der Waals surface area contributed by atoms with Crippen LogP contribution in [0.25, 0.3) is 11.1 Å². The van der Waals surface area contributed by atoms with Gasteiger partial charge in [-0.15, -0.1) is 5.56 Å². The Kier molecular flexibility index (Phi) is 14.0. The molecule has 0 radical (unpaired) electrons. The number of hydrogen-bond acceptors (Lipinski definition) is 6. The topological polar surface area (TPSA) is 137 Å². The molecule has 0 spiro atoms. The van der Waals surface area contributed by atoms with E-state index in [1.54, 1.807) is 19.1 Å². The maximum Gasteiger partial charge on any atom is 1.00 e. The average Bonchev–Trinajstić information content (AvgIpc) is 2.83. The number of alkyl halides is 1. The van der Waals surface area contributed by atoms with Crippen LogP contribution in [0.2, 0.25) is 10.0 Å². The second-order valence-electron chi connectivity index (χ2n) is 7.73. The summed E-state index contributed by atoms with van der Waals surface area (Å²) in [5.74, 6) is -2.06. The molecule has 0 fully saturated rings. The number of nitrogens with two attached hydrogens (primary N) is 1. The molecule has 0 aliphatic heterocycles. The first-order valence-corrected chi connectivity index (χ1v) is 11.5. The van der Waals surface area contributed by atoms with Gasteiger partial charge in [0.2, 0.25) is 5.91 Å². The standard InChI is InChI=1S/C21H16Cl2N3O5.C5H9F.K/c1-11-3-2-4-16(23)18(11)20(28)26(21(29,30)31)17-8-6-13(10-25-17)14-9-12(19(24)27)5-7-15(14)22;1-3-5(6)4-2;/h2-7,9-10,29-31H,1H3,(H2,24,27);5H,1-4H2;/q-1;-2;+1. The van der Waals surface area contributed by atoms with E-state index in [2.05, 4.69) is 24.9 Å². The Morgan fingerprint density at radius 2 is 1.79 bits per heavy atom. The fourth-order valence-electron chi connectivity index (χ4n) is 3.05. The number of carbonyl (C=O) groups excluding carboxylic acids is 2. The molecule has 0 atom stereocenters. The minimum absolute atomic E-state index is 0. The van der Waals surface area contributed by atoms with Gasteiger partial charge in [-0.25, -0.2) is 17.0 Å². The molecule has 0 aliphatic rings. The Balaban J connectivity index is 0.000000925. The Morgan fingerprint density at radius 1 is 1.16 bits per heavy atom. The molecule has 0 saturated heterocycles. The Labute approximate surface area is 273 Å². The third kappa shape index (κ3) is 9.05. The molecule has 38 heavy (non-hydrogen) atoms. The van der Waals surface area contributed by atoms with Gasteiger partial charge in [0, 0.05) is 22.6 Å². The van der Waals surface area contributed by atoms with Crippen molar-refractivity contribution in [1.29, 1.82) is 0 Å². The number of aromatic nitrogens is 1. The van der Waals surface area contributed by atoms with Gasteiger partial charge in [0.05, 0.1) is 10.6 Å². The summed E-state index contributed by atoms with van der Waals surface area (Å²) in [6, 6.07) is 13.0. The summed E-state index contributed by atoms with van der Waals surface area (Å²) in [6.45, 7) is 8.28. The molecule has 0 aliphatic carbocycles. The molecule has 1 aromatic heterocycles. The number of pyridine rings is 1. The molecule has 8 nitrogen and oxygen atoms in total. The minimum atomic E-state index is -3.59. The van der Waals surface area contributed by atoms with E-state index >= 15 is 0 Å². The number of anilines is 1. The van der Waals surface area contributed by atoms with Gasteiger partial charge in [-0.05, 0) is 36.9 Å². The Morgan fingerprint density at radius 3 is 2.24 bits per heavy atom. The fourth-order valence-corrected chi connectivity index (χ4v) is 3.58. The SMILES string of the molecule is Cc1cccc(Cl)c1C(=O)N(c1[c-]cc(-c2cc(C(N)=O)ccc2Cl)cn1)C(O)(O)O.[CH2-]CC(F)C[CH2-].[K+]. The summed E-state index contributed by atoms with van der Waals surface area (Å²) in [5.41, 5.74) is 6.71. The molecule has 0 saturated carbocycles. The number of amides is 2. The van der Waals surface area contributed by atoms with Crippen LogP contribution in [0.1, 0.15) is 39.1 Å². The van der Waals surface area contributed by atoms with E-state index in [-0.39, 0.29) is 72.4 Å². The maximum atomic E-state index is 13.0. The molecular weight excluding hydrogens is 563 g/mol. The molecular formula is C26H25Cl2FKN3O5-2. The smallest absolute Gasteiger partial charge is 0.366 e. The van der Waals surface area contributed by atoms with Crippen LogP contribution < -0.4 is 62.0 Å². The van der Waals surface area contributed by atoms with Crippen LogP contribution in [0.15, 0.2) is 48.7 Å². The van der Waals surface area contributed by atoms with Gasteiger partial charge in [0.15, 0.2) is 0 Å². The van der Waals surface area contributed by atoms with E-state index in [4.69, 9.17) is 28.9 Å². The van der Waals surface area contributed by atoms with Gasteiger partial charge in [0.1, 0.15) is 0 Å². The number of aliphatic hydroxyl groups is 3. The molecule has 2 amide bonds. The van der Waals surface area contributed by atoms with E-state index in [0.29, 0.717) is 34.6 Å². The van der Waals surface area contributed by atoms with Gasteiger partial charge in [-0.1, -0.05) is 47.0 Å². The summed E-state index contributed by atoms with van der Waals surface area (Å²) >= 11 is 12.3. The van der Waals surface area contributed by atoms with Crippen molar-refractivity contribution in [3.05, 3.63) is 95.3 Å². The molecule has 2 aromatic carbocycles. The molecule has 0 bridgehead atoms. The number of halogens is 3. The summed E-state index contributed by atoms with van der Waals surface area (Å²) in [5, 5.41) is 29.8. The third-order valence-electron chi connectivity index (χ3n) is 5.02. The molecule has 0 unspecified atom stereocenters. The van der Waals surface area contributed by atoms with E-state index in [0.717, 1.165) is 0 Å². The van der Waals surface area contributed by atoms with Crippen LogP contribution in [-0.2, 0) is 0 Å². The van der Waals surface area contributed by atoms with Gasteiger partial charge in [-0.2, -0.15) is 12.8 Å². The second kappa shape index (κ2) is 15.4. The van der Waals surface area contributed by atoms with Crippen LogP contribution in [0.4, 0.5) is 10.2 Å². The normalized spacial score (nSPS) is 10.8. The zero-order valence-corrected chi connectivity index (χ0v) is 25.4. The van der Waals surface area contributed by atoms with Crippen molar-refractivity contribution in [2.24, 2.45) is 5.73 Å². The molecule has 12 heteroatoms. The van der Waals surface area contributed by atoms with E-state index in [1.807, 2.05) is 0 Å². The van der Waals surface area contributed by atoms with Crippen molar-refractivity contribution >= 4 is 40.8 Å². The van der Waals surface area contributed by atoms with E-state index in [1.165, 1.54) is 36.5 Å². The Bertz CT molecular complexity index is 1230. The zero-order chi connectivity index (χ0) is 27.9. The number of carbonyl (C=O) groups is 2. The van der Waals surface area contributed by atoms with Crippen LogP contribution in [-0.4, -0.2) is 44.4 Å². The summed E-state index contributed by atoms with van der Waals surface area (Å²) in [7, 11) is 0. The molecule has 3 rings (SSSR count). The summed E-state index contributed by atoms with van der Waals surface area (Å²) in [6.07, 6.45) is -2.42. The first-order valence-electron chi connectivity index (χ1n) is 10.8. The first-order chi connectivity index (χ1) is 17.3. The summed E-state index contributed by atoms with van der Waals surface area (Å²) < 4.78 is 11.7. The number of aryl methyl sites for hydroxylation is 1. The van der Waals surface area contributed by atoms with Crippen LogP contribution in [0.3, 0.4) is 0 Å². The van der Waals surface area contributed by atoms with E-state index < -0.39 is 29.9 Å². The molecule has 198 valence electrons. The van der Waals surface area contributed by atoms with E-state index in [9.17, 15) is 29.3 Å². The molecule has 3 aromatic rings. The van der Waals surface area contributed by atoms with Gasteiger partial charge < -0.3 is 34.9 Å². The average molecular weight is 589 g/mol. The van der Waals surface area contributed by atoms with Crippen molar-refractivity contribution in [1.82, 2.24) is 4.98 Å². The van der Waals surface area contributed by atoms with Gasteiger partial charge >= 0.3 is 57.5 Å². The van der Waals surface area contributed by atoms with Crippen LogP contribution in [0, 0.1) is 26.8 Å². The number of nitrogens with zero attached hydrogens (tertiary/aromatic N) is 2. The fraction of sp³-hybridized carbons (Fsp3) is 0.192. The predicted octanol–water partition coefficient (Wildman–Crippen LogP) is 1.27. The number of benzene rings is 2. The van der Waals surface area contributed by atoms with Crippen molar-refractivity contribution in [2.75, 3.05) is 4.90 Å². The maximum absolute atomic E-state index is 13.0. The second-order valence-corrected chi connectivity index (χ2v) is 8.55. The van der Waals surface area contributed by atoms with Gasteiger partial charge in [-0.3, -0.25) is 19.0 Å². The number of primary amides is 1. The van der Waals surface area contributed by atoms with Crippen LogP contribution in [0.5, 0.6) is 0 Å².